The Morgan fingerprint density at radius 3 is 1.65 bits per heavy atom. The molecule has 0 aliphatic heterocycles. The minimum Gasteiger partial charge on any atom is -0.466 e. The molecule has 0 amide bonds. The molecule has 0 aromatic heterocycles. The summed E-state index contributed by atoms with van der Waals surface area (Å²) < 4.78 is 9.57. The summed E-state index contributed by atoms with van der Waals surface area (Å²) in [5.41, 5.74) is 0.0604. The Kier molecular flexibility index (Phi) is 2.42. The molecule has 2 unspecified atom stereocenters. The average Bonchev–Trinajstić information content (AvgIpc) is 2.72. The summed E-state index contributed by atoms with van der Waals surface area (Å²) in [5.74, 6) is -0.887. The van der Waals surface area contributed by atoms with E-state index in [4.69, 9.17) is 9.47 Å². The highest BCUT2D eigenvalue weighted by Crippen LogP contribution is 2.60. The van der Waals surface area contributed by atoms with E-state index in [1.54, 1.807) is 0 Å². The summed E-state index contributed by atoms with van der Waals surface area (Å²) >= 11 is 0. The lowest BCUT2D eigenvalue weighted by atomic mass is 9.83. The SMILES string of the molecule is COC(=O)C1=C(C(=O)OC)C2(C)C=CC1(C)C2. The minimum absolute atomic E-state index is 0.411. The van der Waals surface area contributed by atoms with Crippen molar-refractivity contribution in [2.75, 3.05) is 14.2 Å². The van der Waals surface area contributed by atoms with E-state index in [2.05, 4.69) is 0 Å². The Morgan fingerprint density at radius 1 is 1.00 bits per heavy atom. The van der Waals surface area contributed by atoms with E-state index in [1.165, 1.54) is 14.2 Å². The summed E-state index contributed by atoms with van der Waals surface area (Å²) in [6, 6.07) is 0. The van der Waals surface area contributed by atoms with Crippen LogP contribution in [0, 0.1) is 10.8 Å². The Morgan fingerprint density at radius 2 is 1.35 bits per heavy atom. The van der Waals surface area contributed by atoms with Gasteiger partial charge < -0.3 is 9.47 Å². The van der Waals surface area contributed by atoms with Crippen LogP contribution in [0.3, 0.4) is 0 Å². The van der Waals surface area contributed by atoms with E-state index in [1.807, 2.05) is 26.0 Å². The normalized spacial score (nSPS) is 34.1. The van der Waals surface area contributed by atoms with E-state index in [9.17, 15) is 9.59 Å². The molecule has 2 aliphatic rings. The van der Waals surface area contributed by atoms with Gasteiger partial charge in [0.25, 0.3) is 0 Å². The molecule has 0 saturated carbocycles. The molecule has 0 radical (unpaired) electrons. The van der Waals surface area contributed by atoms with Crippen LogP contribution in [-0.4, -0.2) is 26.2 Å². The van der Waals surface area contributed by atoms with E-state index in [0.29, 0.717) is 11.1 Å². The van der Waals surface area contributed by atoms with Crippen molar-refractivity contribution in [1.82, 2.24) is 0 Å². The van der Waals surface area contributed by atoms with Crippen LogP contribution in [0.2, 0.25) is 0 Å². The van der Waals surface area contributed by atoms with Gasteiger partial charge in [0.05, 0.1) is 25.4 Å². The zero-order chi connectivity index (χ0) is 12.8. The lowest BCUT2D eigenvalue weighted by Crippen LogP contribution is -2.24. The monoisotopic (exact) mass is 236 g/mol. The van der Waals surface area contributed by atoms with Crippen LogP contribution in [0.1, 0.15) is 20.3 Å². The van der Waals surface area contributed by atoms with Crippen molar-refractivity contribution < 1.29 is 19.1 Å². The second kappa shape index (κ2) is 3.45. The lowest BCUT2D eigenvalue weighted by molar-refractivity contribution is -0.140. The van der Waals surface area contributed by atoms with Gasteiger partial charge in [0, 0.05) is 10.8 Å². The lowest BCUT2D eigenvalue weighted by Gasteiger charge is -2.22. The second-order valence-electron chi connectivity index (χ2n) is 5.08. The van der Waals surface area contributed by atoms with E-state index >= 15 is 0 Å². The number of carbonyl (C=O) groups excluding carboxylic acids is 2. The summed E-state index contributed by atoms with van der Waals surface area (Å²) in [6.45, 7) is 3.88. The average molecular weight is 236 g/mol. The Balaban J connectivity index is 2.61. The number of methoxy groups -OCH3 is 2. The van der Waals surface area contributed by atoms with Crippen molar-refractivity contribution in [2.24, 2.45) is 10.8 Å². The molecule has 2 bridgehead atoms. The number of hydrogen-bond donors (Lipinski definition) is 0. The Bertz CT molecular complexity index is 420. The molecule has 17 heavy (non-hydrogen) atoms. The van der Waals surface area contributed by atoms with Gasteiger partial charge in [-0.1, -0.05) is 26.0 Å². The minimum atomic E-state index is -0.444. The van der Waals surface area contributed by atoms with Gasteiger partial charge >= 0.3 is 11.9 Å². The maximum absolute atomic E-state index is 11.9. The summed E-state index contributed by atoms with van der Waals surface area (Å²) in [6.07, 6.45) is 4.67. The van der Waals surface area contributed by atoms with Crippen molar-refractivity contribution in [3.05, 3.63) is 23.3 Å². The third kappa shape index (κ3) is 1.43. The largest absolute Gasteiger partial charge is 0.466 e. The first-order valence-electron chi connectivity index (χ1n) is 5.50. The summed E-state index contributed by atoms with van der Waals surface area (Å²) in [5, 5.41) is 0. The molecule has 0 N–H and O–H groups in total. The fourth-order valence-corrected chi connectivity index (χ4v) is 3.04. The molecule has 0 saturated heterocycles. The predicted molar refractivity (Wildman–Crippen MR) is 61.0 cm³/mol. The first-order chi connectivity index (χ1) is 7.88. The van der Waals surface area contributed by atoms with Gasteiger partial charge in [-0.25, -0.2) is 9.59 Å². The highest BCUT2D eigenvalue weighted by molar-refractivity contribution is 6.04. The predicted octanol–water partition coefficient (Wildman–Crippen LogP) is 1.62. The smallest absolute Gasteiger partial charge is 0.335 e. The maximum atomic E-state index is 11.9. The molecule has 4 heteroatoms. The van der Waals surface area contributed by atoms with E-state index < -0.39 is 22.8 Å². The number of ether oxygens (including phenoxy) is 2. The molecule has 0 spiro atoms. The number of fused-ring (bicyclic) bond motifs is 2. The topological polar surface area (TPSA) is 52.6 Å². The van der Waals surface area contributed by atoms with Gasteiger partial charge in [0.1, 0.15) is 0 Å². The van der Waals surface area contributed by atoms with Gasteiger partial charge in [-0.2, -0.15) is 0 Å². The standard InChI is InChI=1S/C13H16O4/c1-12-5-6-13(2,7-12)9(11(15)17-4)8(12)10(14)16-3/h5-6H,7H2,1-4H3. The third-order valence-electron chi connectivity index (χ3n) is 3.72. The molecule has 0 heterocycles. The first kappa shape index (κ1) is 11.9. The third-order valence-corrected chi connectivity index (χ3v) is 3.72. The fourth-order valence-electron chi connectivity index (χ4n) is 3.04. The molecule has 0 aromatic carbocycles. The number of hydrogen-bond acceptors (Lipinski definition) is 4. The van der Waals surface area contributed by atoms with E-state index in [-0.39, 0.29) is 0 Å². The van der Waals surface area contributed by atoms with Crippen molar-refractivity contribution in [1.29, 1.82) is 0 Å². The summed E-state index contributed by atoms with van der Waals surface area (Å²) in [7, 11) is 2.65. The van der Waals surface area contributed by atoms with Gasteiger partial charge in [-0.3, -0.25) is 0 Å². The summed E-state index contributed by atoms with van der Waals surface area (Å²) in [4.78, 5) is 23.7. The van der Waals surface area contributed by atoms with Crippen LogP contribution in [0.5, 0.6) is 0 Å². The van der Waals surface area contributed by atoms with Gasteiger partial charge in [-0.15, -0.1) is 0 Å². The number of allylic oxidation sites excluding steroid dienone is 2. The van der Waals surface area contributed by atoms with Crippen molar-refractivity contribution >= 4 is 11.9 Å². The maximum Gasteiger partial charge on any atom is 0.335 e. The molecule has 0 aromatic rings. The van der Waals surface area contributed by atoms with Crippen molar-refractivity contribution in [3.8, 4) is 0 Å². The quantitative estimate of drug-likeness (QED) is 0.540. The highest BCUT2D eigenvalue weighted by atomic mass is 16.5. The van der Waals surface area contributed by atoms with Gasteiger partial charge in [0.2, 0.25) is 0 Å². The molecule has 2 rings (SSSR count). The zero-order valence-corrected chi connectivity index (χ0v) is 10.5. The van der Waals surface area contributed by atoms with Crippen LogP contribution < -0.4 is 0 Å². The first-order valence-corrected chi connectivity index (χ1v) is 5.50. The Hall–Kier alpha value is -1.58. The molecule has 2 aliphatic carbocycles. The number of rotatable bonds is 2. The molecule has 4 nitrogen and oxygen atoms in total. The van der Waals surface area contributed by atoms with Crippen LogP contribution >= 0.6 is 0 Å². The second-order valence-corrected chi connectivity index (χ2v) is 5.08. The molecular formula is C13H16O4. The van der Waals surface area contributed by atoms with Crippen molar-refractivity contribution in [2.45, 2.75) is 20.3 Å². The molecule has 2 atom stereocenters. The number of esters is 2. The molecule has 0 fully saturated rings. The van der Waals surface area contributed by atoms with E-state index in [0.717, 1.165) is 6.42 Å². The van der Waals surface area contributed by atoms with Crippen LogP contribution in [0.25, 0.3) is 0 Å². The Labute approximate surface area is 100 Å². The van der Waals surface area contributed by atoms with Crippen molar-refractivity contribution in [3.63, 3.8) is 0 Å². The molecule has 92 valence electrons. The number of carbonyl (C=O) groups is 2. The van der Waals surface area contributed by atoms with Gasteiger partial charge in [-0.05, 0) is 6.42 Å². The van der Waals surface area contributed by atoms with Crippen LogP contribution in [-0.2, 0) is 19.1 Å². The van der Waals surface area contributed by atoms with Crippen LogP contribution in [0.15, 0.2) is 23.3 Å². The molecular weight excluding hydrogens is 220 g/mol. The van der Waals surface area contributed by atoms with Gasteiger partial charge in [0.15, 0.2) is 0 Å². The van der Waals surface area contributed by atoms with Crippen LogP contribution in [0.4, 0.5) is 0 Å². The zero-order valence-electron chi connectivity index (χ0n) is 10.5. The highest BCUT2D eigenvalue weighted by Gasteiger charge is 2.56. The fraction of sp³-hybridized carbons (Fsp3) is 0.538.